The minimum atomic E-state index is 0.878. The monoisotopic (exact) mass is 169 g/mol. The smallest absolute Gasteiger partial charge is 0.0126 e. The van der Waals surface area contributed by atoms with Gasteiger partial charge in [-0.1, -0.05) is 27.7 Å². The molecule has 4 unspecified atom stereocenters. The molecule has 1 N–H and O–H groups in total. The number of fused-ring (bicyclic) bond motifs is 1. The molecule has 1 saturated carbocycles. The van der Waals surface area contributed by atoms with Gasteiger partial charge in [-0.2, -0.15) is 0 Å². The van der Waals surface area contributed by atoms with Crippen LogP contribution in [0, 0.1) is 17.8 Å². The first kappa shape index (κ1) is 10.0. The van der Waals surface area contributed by atoms with Gasteiger partial charge in [0.25, 0.3) is 0 Å². The molecular formula is C11H23N. The van der Waals surface area contributed by atoms with Gasteiger partial charge in [0.1, 0.15) is 0 Å². The number of piperidine rings is 1. The van der Waals surface area contributed by atoms with E-state index in [0.29, 0.717) is 0 Å². The van der Waals surface area contributed by atoms with Gasteiger partial charge in [-0.05, 0) is 37.1 Å². The van der Waals surface area contributed by atoms with E-state index in [1.807, 2.05) is 13.8 Å². The van der Waals surface area contributed by atoms with Crippen molar-refractivity contribution in [3.63, 3.8) is 0 Å². The molecule has 4 atom stereocenters. The van der Waals surface area contributed by atoms with Crippen LogP contribution in [0.4, 0.5) is 0 Å². The molecule has 0 aromatic carbocycles. The zero-order valence-electron chi connectivity index (χ0n) is 8.93. The molecule has 1 saturated heterocycles. The molecule has 0 bridgehead atoms. The Labute approximate surface area is 76.9 Å². The highest BCUT2D eigenvalue weighted by Crippen LogP contribution is 2.44. The van der Waals surface area contributed by atoms with E-state index >= 15 is 0 Å². The summed E-state index contributed by atoms with van der Waals surface area (Å²) in [6, 6.07) is 0.878. The van der Waals surface area contributed by atoms with Crippen LogP contribution in [0.5, 0.6) is 0 Å². The van der Waals surface area contributed by atoms with E-state index in [4.69, 9.17) is 0 Å². The molecule has 1 nitrogen and oxygen atoms in total. The number of nitrogens with one attached hydrogen (secondary N) is 1. The van der Waals surface area contributed by atoms with E-state index in [1.165, 1.54) is 19.4 Å². The second kappa shape index (κ2) is 4.27. The maximum atomic E-state index is 3.60. The first-order chi connectivity index (χ1) is 5.80. The van der Waals surface area contributed by atoms with E-state index in [9.17, 15) is 0 Å². The second-order valence-corrected chi connectivity index (χ2v) is 4.00. The lowest BCUT2D eigenvalue weighted by atomic mass is 9.59. The van der Waals surface area contributed by atoms with E-state index in [0.717, 1.165) is 23.8 Å². The Bertz CT molecular complexity index is 117. The van der Waals surface area contributed by atoms with Gasteiger partial charge in [-0.15, -0.1) is 0 Å². The minimum absolute atomic E-state index is 0.878. The molecule has 0 aromatic heterocycles. The standard InChI is InChI=1S/C9H17N.C2H6/c1-6-7(2)9-8(6)4-3-5-10-9;1-2/h6-10H,3-5H2,1-2H3;1-2H3. The second-order valence-electron chi connectivity index (χ2n) is 4.00. The van der Waals surface area contributed by atoms with Crippen LogP contribution < -0.4 is 5.32 Å². The van der Waals surface area contributed by atoms with Gasteiger partial charge in [-0.25, -0.2) is 0 Å². The van der Waals surface area contributed by atoms with Crippen molar-refractivity contribution in [2.24, 2.45) is 17.8 Å². The highest BCUT2D eigenvalue weighted by atomic mass is 15.0. The summed E-state index contributed by atoms with van der Waals surface area (Å²) < 4.78 is 0. The fourth-order valence-corrected chi connectivity index (χ4v) is 2.67. The fraction of sp³-hybridized carbons (Fsp3) is 1.00. The zero-order valence-corrected chi connectivity index (χ0v) is 8.93. The van der Waals surface area contributed by atoms with Gasteiger partial charge in [0.2, 0.25) is 0 Å². The van der Waals surface area contributed by atoms with Crippen molar-refractivity contribution in [1.82, 2.24) is 5.32 Å². The van der Waals surface area contributed by atoms with Crippen molar-refractivity contribution in [1.29, 1.82) is 0 Å². The van der Waals surface area contributed by atoms with Crippen LogP contribution in [-0.2, 0) is 0 Å². The van der Waals surface area contributed by atoms with Crippen LogP contribution >= 0.6 is 0 Å². The van der Waals surface area contributed by atoms with Crippen LogP contribution in [0.25, 0.3) is 0 Å². The van der Waals surface area contributed by atoms with Gasteiger partial charge < -0.3 is 5.32 Å². The molecule has 0 radical (unpaired) electrons. The zero-order chi connectivity index (χ0) is 9.14. The van der Waals surface area contributed by atoms with E-state index in [-0.39, 0.29) is 0 Å². The Morgan fingerprint density at radius 1 is 1.08 bits per heavy atom. The van der Waals surface area contributed by atoms with Gasteiger partial charge in [0.05, 0.1) is 0 Å². The molecule has 12 heavy (non-hydrogen) atoms. The number of hydrogen-bond donors (Lipinski definition) is 1. The van der Waals surface area contributed by atoms with Crippen LogP contribution in [0.1, 0.15) is 40.5 Å². The van der Waals surface area contributed by atoms with Crippen molar-refractivity contribution in [3.8, 4) is 0 Å². The van der Waals surface area contributed by atoms with Crippen molar-refractivity contribution in [2.75, 3.05) is 6.54 Å². The van der Waals surface area contributed by atoms with Crippen molar-refractivity contribution >= 4 is 0 Å². The molecule has 0 amide bonds. The van der Waals surface area contributed by atoms with Crippen LogP contribution in [0.2, 0.25) is 0 Å². The van der Waals surface area contributed by atoms with Gasteiger partial charge >= 0.3 is 0 Å². The van der Waals surface area contributed by atoms with E-state index in [2.05, 4.69) is 19.2 Å². The average molecular weight is 169 g/mol. The molecule has 2 aliphatic rings. The lowest BCUT2D eigenvalue weighted by molar-refractivity contribution is 0.0116. The molecular weight excluding hydrogens is 146 g/mol. The van der Waals surface area contributed by atoms with Crippen molar-refractivity contribution < 1.29 is 0 Å². The molecule has 1 aliphatic heterocycles. The molecule has 1 heteroatoms. The highest BCUT2D eigenvalue weighted by Gasteiger charge is 2.45. The van der Waals surface area contributed by atoms with Gasteiger partial charge in [0, 0.05) is 6.04 Å². The minimum Gasteiger partial charge on any atom is -0.313 e. The number of hydrogen-bond acceptors (Lipinski definition) is 1. The Kier molecular flexibility index (Phi) is 3.57. The predicted octanol–water partition coefficient (Wildman–Crippen LogP) is 2.67. The summed E-state index contributed by atoms with van der Waals surface area (Å²) in [6.07, 6.45) is 2.88. The van der Waals surface area contributed by atoms with Gasteiger partial charge in [0.15, 0.2) is 0 Å². The summed E-state index contributed by atoms with van der Waals surface area (Å²) in [5.41, 5.74) is 0. The SMILES string of the molecule is CC.CC1C(C)C2NCCCC12. The van der Waals surface area contributed by atoms with Gasteiger partial charge in [-0.3, -0.25) is 0 Å². The lowest BCUT2D eigenvalue weighted by Crippen LogP contribution is -2.59. The maximum Gasteiger partial charge on any atom is 0.0126 e. The third kappa shape index (κ3) is 1.52. The van der Waals surface area contributed by atoms with Crippen LogP contribution in [-0.4, -0.2) is 12.6 Å². The average Bonchev–Trinajstić information content (AvgIpc) is 2.19. The predicted molar refractivity (Wildman–Crippen MR) is 54.2 cm³/mol. The summed E-state index contributed by atoms with van der Waals surface area (Å²) in [5, 5.41) is 3.60. The molecule has 2 fully saturated rings. The molecule has 72 valence electrons. The fourth-order valence-electron chi connectivity index (χ4n) is 2.67. The molecule has 0 spiro atoms. The largest absolute Gasteiger partial charge is 0.313 e. The van der Waals surface area contributed by atoms with Crippen LogP contribution in [0.3, 0.4) is 0 Å². The quantitative estimate of drug-likeness (QED) is 0.588. The molecule has 1 heterocycles. The summed E-state index contributed by atoms with van der Waals surface area (Å²) in [4.78, 5) is 0. The third-order valence-electron chi connectivity index (χ3n) is 3.63. The Morgan fingerprint density at radius 2 is 1.75 bits per heavy atom. The maximum absolute atomic E-state index is 3.60. The Morgan fingerprint density at radius 3 is 2.33 bits per heavy atom. The Hall–Kier alpha value is -0.0400. The molecule has 1 aliphatic carbocycles. The highest BCUT2D eigenvalue weighted by molar-refractivity contribution is 4.99. The first-order valence-electron chi connectivity index (χ1n) is 5.54. The summed E-state index contributed by atoms with van der Waals surface area (Å²) in [6.45, 7) is 10.0. The van der Waals surface area contributed by atoms with E-state index < -0.39 is 0 Å². The summed E-state index contributed by atoms with van der Waals surface area (Å²) in [5.74, 6) is 2.94. The van der Waals surface area contributed by atoms with Crippen molar-refractivity contribution in [2.45, 2.75) is 46.6 Å². The summed E-state index contributed by atoms with van der Waals surface area (Å²) in [7, 11) is 0. The van der Waals surface area contributed by atoms with Crippen LogP contribution in [0.15, 0.2) is 0 Å². The normalized spacial score (nSPS) is 45.0. The third-order valence-corrected chi connectivity index (χ3v) is 3.63. The Balaban J connectivity index is 0.000000336. The summed E-state index contributed by atoms with van der Waals surface area (Å²) >= 11 is 0. The first-order valence-corrected chi connectivity index (χ1v) is 5.54. The molecule has 0 aromatic rings. The number of rotatable bonds is 0. The lowest BCUT2D eigenvalue weighted by Gasteiger charge is -2.52. The topological polar surface area (TPSA) is 12.0 Å². The van der Waals surface area contributed by atoms with Crippen molar-refractivity contribution in [3.05, 3.63) is 0 Å². The molecule has 2 rings (SSSR count). The van der Waals surface area contributed by atoms with E-state index in [1.54, 1.807) is 0 Å².